The van der Waals surface area contributed by atoms with Gasteiger partial charge < -0.3 is 10.1 Å². The minimum atomic E-state index is -0.432. The molecule has 0 bridgehead atoms. The summed E-state index contributed by atoms with van der Waals surface area (Å²) in [5.41, 5.74) is 1.83. The number of esters is 1. The lowest BCUT2D eigenvalue weighted by atomic mass is 10.1. The fraction of sp³-hybridized carbons (Fsp3) is 0.200. The molecule has 0 atom stereocenters. The van der Waals surface area contributed by atoms with Crippen LogP contribution in [-0.4, -0.2) is 35.6 Å². The minimum absolute atomic E-state index is 0.302. The number of urea groups is 1. The van der Waals surface area contributed by atoms with Crippen molar-refractivity contribution in [1.29, 1.82) is 0 Å². The van der Waals surface area contributed by atoms with Crippen LogP contribution in [-0.2, 0) is 4.74 Å². The minimum Gasteiger partial charge on any atom is -0.465 e. The first-order valence-electron chi connectivity index (χ1n) is 6.69. The van der Waals surface area contributed by atoms with Crippen molar-refractivity contribution in [2.45, 2.75) is 6.92 Å². The normalized spacial score (nSPS) is 9.91. The number of ether oxygens (including phenoxy) is 1. The molecule has 0 unspecified atom stereocenters. The Kier molecular flexibility index (Phi) is 5.02. The predicted molar refractivity (Wildman–Crippen MR) is 81.5 cm³/mol. The van der Waals surface area contributed by atoms with E-state index in [1.807, 2.05) is 6.92 Å². The largest absolute Gasteiger partial charge is 0.465 e. The van der Waals surface area contributed by atoms with Crippen LogP contribution in [0.4, 0.5) is 10.6 Å². The van der Waals surface area contributed by atoms with Gasteiger partial charge in [0, 0.05) is 24.5 Å². The van der Waals surface area contributed by atoms with Gasteiger partial charge in [0.1, 0.15) is 5.82 Å². The number of nitrogens with one attached hydrogen (secondary N) is 2. The molecule has 22 heavy (non-hydrogen) atoms. The molecule has 0 aliphatic rings. The molecule has 0 aliphatic heterocycles. The molecular formula is C15H16N4O3. The Morgan fingerprint density at radius 3 is 2.50 bits per heavy atom. The highest BCUT2D eigenvalue weighted by molar-refractivity contribution is 5.89. The number of aromatic nitrogens is 2. The maximum Gasteiger partial charge on any atom is 0.339 e. The van der Waals surface area contributed by atoms with Crippen LogP contribution < -0.4 is 10.6 Å². The second-order valence-corrected chi connectivity index (χ2v) is 4.34. The summed E-state index contributed by atoms with van der Waals surface area (Å²) in [6, 6.07) is 6.51. The Morgan fingerprint density at radius 2 is 1.95 bits per heavy atom. The summed E-state index contributed by atoms with van der Waals surface area (Å²) < 4.78 is 4.62. The summed E-state index contributed by atoms with van der Waals surface area (Å²) in [7, 11) is 1.32. The van der Waals surface area contributed by atoms with E-state index in [4.69, 9.17) is 0 Å². The Labute approximate surface area is 127 Å². The average molecular weight is 300 g/mol. The summed E-state index contributed by atoms with van der Waals surface area (Å²) in [6.07, 6.45) is 3.05. The van der Waals surface area contributed by atoms with E-state index in [2.05, 4.69) is 25.3 Å². The number of carbonyl (C=O) groups is 2. The van der Waals surface area contributed by atoms with Gasteiger partial charge in [-0.3, -0.25) is 10.3 Å². The number of carbonyl (C=O) groups excluding carboxylic acids is 2. The monoisotopic (exact) mass is 300 g/mol. The van der Waals surface area contributed by atoms with E-state index in [1.54, 1.807) is 30.5 Å². The molecule has 2 aromatic rings. The third-order valence-corrected chi connectivity index (χ3v) is 2.82. The lowest BCUT2D eigenvalue weighted by Gasteiger charge is -2.06. The van der Waals surface area contributed by atoms with Gasteiger partial charge in [0.25, 0.3) is 0 Å². The molecule has 7 heteroatoms. The first-order chi connectivity index (χ1) is 10.6. The lowest BCUT2D eigenvalue weighted by molar-refractivity contribution is 0.0600. The number of methoxy groups -OCH3 is 1. The van der Waals surface area contributed by atoms with Crippen LogP contribution in [0.5, 0.6) is 0 Å². The third kappa shape index (κ3) is 3.78. The van der Waals surface area contributed by atoms with E-state index in [1.165, 1.54) is 13.3 Å². The second-order valence-electron chi connectivity index (χ2n) is 4.34. The zero-order valence-electron chi connectivity index (χ0n) is 12.3. The van der Waals surface area contributed by atoms with Gasteiger partial charge in [-0.05, 0) is 31.2 Å². The highest BCUT2D eigenvalue weighted by Crippen LogP contribution is 2.17. The summed E-state index contributed by atoms with van der Waals surface area (Å²) in [6.45, 7) is 2.38. The van der Waals surface area contributed by atoms with Crippen molar-refractivity contribution in [2.75, 3.05) is 19.0 Å². The fourth-order valence-electron chi connectivity index (χ4n) is 1.74. The highest BCUT2D eigenvalue weighted by atomic mass is 16.5. The number of anilines is 1. The lowest BCUT2D eigenvalue weighted by Crippen LogP contribution is -2.28. The van der Waals surface area contributed by atoms with Crippen LogP contribution in [0.25, 0.3) is 11.3 Å². The summed E-state index contributed by atoms with van der Waals surface area (Å²) in [5.74, 6) is 0.0135. The fourth-order valence-corrected chi connectivity index (χ4v) is 1.74. The molecule has 0 aliphatic carbocycles. The van der Waals surface area contributed by atoms with Gasteiger partial charge in [0.05, 0.1) is 18.4 Å². The summed E-state index contributed by atoms with van der Waals surface area (Å²) in [5, 5.41) is 5.23. The molecule has 2 heterocycles. The summed E-state index contributed by atoms with van der Waals surface area (Å²) >= 11 is 0. The number of pyridine rings is 2. The van der Waals surface area contributed by atoms with Gasteiger partial charge in [-0.1, -0.05) is 0 Å². The first-order valence-corrected chi connectivity index (χ1v) is 6.69. The van der Waals surface area contributed by atoms with E-state index in [0.717, 1.165) is 5.56 Å². The van der Waals surface area contributed by atoms with E-state index in [9.17, 15) is 9.59 Å². The molecule has 0 aromatic carbocycles. The molecule has 2 rings (SSSR count). The Bertz CT molecular complexity index is 653. The van der Waals surface area contributed by atoms with E-state index in [0.29, 0.717) is 23.6 Å². The van der Waals surface area contributed by atoms with Gasteiger partial charge in [-0.25, -0.2) is 14.6 Å². The highest BCUT2D eigenvalue weighted by Gasteiger charge is 2.07. The number of rotatable bonds is 4. The van der Waals surface area contributed by atoms with Crippen LogP contribution in [0, 0.1) is 0 Å². The van der Waals surface area contributed by atoms with E-state index in [-0.39, 0.29) is 6.03 Å². The molecule has 2 aromatic heterocycles. The van der Waals surface area contributed by atoms with Crippen molar-refractivity contribution < 1.29 is 14.3 Å². The average Bonchev–Trinajstić information content (AvgIpc) is 2.55. The van der Waals surface area contributed by atoms with Gasteiger partial charge in [-0.15, -0.1) is 0 Å². The smallest absolute Gasteiger partial charge is 0.339 e. The van der Waals surface area contributed by atoms with Crippen molar-refractivity contribution in [1.82, 2.24) is 15.3 Å². The number of hydrogen-bond acceptors (Lipinski definition) is 5. The van der Waals surface area contributed by atoms with Gasteiger partial charge in [0.2, 0.25) is 0 Å². The molecular weight excluding hydrogens is 284 g/mol. The SMILES string of the molecule is CCNC(=O)Nc1ccc(-c2ccc(C(=O)OC)cn2)cn1. The first kappa shape index (κ1) is 15.4. The van der Waals surface area contributed by atoms with Gasteiger partial charge in [0.15, 0.2) is 0 Å². The standard InChI is InChI=1S/C15H16N4O3/c1-3-16-15(21)19-13-7-5-10(8-18-13)12-6-4-11(9-17-12)14(20)22-2/h4-9H,3H2,1-2H3,(H2,16,18,19,21). The van der Waals surface area contributed by atoms with Crippen molar-refractivity contribution >= 4 is 17.8 Å². The van der Waals surface area contributed by atoms with Crippen LogP contribution in [0.1, 0.15) is 17.3 Å². The van der Waals surface area contributed by atoms with Crippen LogP contribution in [0.15, 0.2) is 36.7 Å². The molecule has 2 amide bonds. The number of amides is 2. The topological polar surface area (TPSA) is 93.2 Å². The van der Waals surface area contributed by atoms with Crippen molar-refractivity contribution in [3.8, 4) is 11.3 Å². The quantitative estimate of drug-likeness (QED) is 0.843. The van der Waals surface area contributed by atoms with Crippen molar-refractivity contribution in [2.24, 2.45) is 0 Å². The van der Waals surface area contributed by atoms with Gasteiger partial charge in [-0.2, -0.15) is 0 Å². The van der Waals surface area contributed by atoms with Crippen molar-refractivity contribution in [3.63, 3.8) is 0 Å². The maximum absolute atomic E-state index is 11.4. The maximum atomic E-state index is 11.4. The molecule has 0 radical (unpaired) electrons. The van der Waals surface area contributed by atoms with E-state index < -0.39 is 5.97 Å². The molecule has 114 valence electrons. The molecule has 0 spiro atoms. The van der Waals surface area contributed by atoms with Crippen molar-refractivity contribution in [3.05, 3.63) is 42.2 Å². The third-order valence-electron chi connectivity index (χ3n) is 2.82. The second kappa shape index (κ2) is 7.16. The predicted octanol–water partition coefficient (Wildman–Crippen LogP) is 2.07. The Morgan fingerprint density at radius 1 is 1.14 bits per heavy atom. The number of hydrogen-bond donors (Lipinski definition) is 2. The van der Waals surface area contributed by atoms with Crippen LogP contribution in [0.2, 0.25) is 0 Å². The molecule has 0 saturated carbocycles. The van der Waals surface area contributed by atoms with Crippen LogP contribution in [0.3, 0.4) is 0 Å². The van der Waals surface area contributed by atoms with Gasteiger partial charge >= 0.3 is 12.0 Å². The van der Waals surface area contributed by atoms with Crippen LogP contribution >= 0.6 is 0 Å². The van der Waals surface area contributed by atoms with E-state index >= 15 is 0 Å². The summed E-state index contributed by atoms with van der Waals surface area (Å²) in [4.78, 5) is 31.1. The molecule has 0 saturated heterocycles. The zero-order chi connectivity index (χ0) is 15.9. The molecule has 7 nitrogen and oxygen atoms in total. The zero-order valence-corrected chi connectivity index (χ0v) is 12.3. The molecule has 0 fully saturated rings. The Hall–Kier alpha value is -2.96. The molecule has 2 N–H and O–H groups in total. The number of nitrogens with zero attached hydrogens (tertiary/aromatic N) is 2. The Balaban J connectivity index is 2.10.